The zero-order valence-corrected chi connectivity index (χ0v) is 18.8. The monoisotopic (exact) mass is 452 g/mol. The molecule has 0 spiro atoms. The summed E-state index contributed by atoms with van der Waals surface area (Å²) in [6, 6.07) is 11.0. The second-order valence-electron chi connectivity index (χ2n) is 7.95. The number of aromatic hydroxyl groups is 1. The van der Waals surface area contributed by atoms with E-state index in [1.165, 1.54) is 11.5 Å². The number of ether oxygens (including phenoxy) is 1. The minimum atomic E-state index is -0.844. The molecule has 0 aliphatic rings. The fourth-order valence-electron chi connectivity index (χ4n) is 3.77. The Morgan fingerprint density at radius 1 is 1.21 bits per heavy atom. The molecule has 9 heteroatoms. The number of benzene rings is 1. The molecule has 0 radical (unpaired) electrons. The van der Waals surface area contributed by atoms with Gasteiger partial charge in [-0.1, -0.05) is 38.5 Å². The van der Waals surface area contributed by atoms with Gasteiger partial charge in [-0.3, -0.25) is 18.8 Å². The number of rotatable bonds is 9. The van der Waals surface area contributed by atoms with Crippen molar-refractivity contribution in [1.29, 1.82) is 0 Å². The number of carbonyl (C=O) groups excluding carboxylic acids is 2. The lowest BCUT2D eigenvalue weighted by molar-refractivity contribution is -0.128. The van der Waals surface area contributed by atoms with E-state index in [1.54, 1.807) is 48.7 Å². The van der Waals surface area contributed by atoms with Crippen LogP contribution in [-0.2, 0) is 9.59 Å². The average molecular weight is 453 g/mol. The van der Waals surface area contributed by atoms with Crippen LogP contribution in [-0.4, -0.2) is 39.5 Å². The molecular weight excluding hydrogens is 424 g/mol. The van der Waals surface area contributed by atoms with Gasteiger partial charge in [-0.15, -0.1) is 0 Å². The third-order valence-corrected chi connectivity index (χ3v) is 5.84. The summed E-state index contributed by atoms with van der Waals surface area (Å²) in [5.74, 6) is -1.94. The van der Waals surface area contributed by atoms with Crippen LogP contribution in [0, 0.1) is 5.92 Å². The van der Waals surface area contributed by atoms with Gasteiger partial charge in [0, 0.05) is 18.5 Å². The highest BCUT2D eigenvalue weighted by Gasteiger charge is 2.29. The number of hydrogen-bond acceptors (Lipinski definition) is 6. The van der Waals surface area contributed by atoms with E-state index in [2.05, 4.69) is 10.3 Å². The molecule has 0 saturated heterocycles. The van der Waals surface area contributed by atoms with Crippen LogP contribution in [0.25, 0.3) is 5.65 Å². The highest BCUT2D eigenvalue weighted by molar-refractivity contribution is 5.87. The number of carbonyl (C=O) groups is 2. The SMILES string of the molecule is CC[C@H](C)[C@H](NC(=O)CC(c1ccc(OC)cc1)c1c(O)nc2ccccn2c1=O)C(N)=O. The molecule has 3 rings (SSSR count). The molecule has 1 aromatic carbocycles. The number of nitrogens with zero attached hydrogens (tertiary/aromatic N) is 2. The lowest BCUT2D eigenvalue weighted by atomic mass is 9.88. The van der Waals surface area contributed by atoms with E-state index < -0.39 is 35.2 Å². The number of nitrogens with one attached hydrogen (secondary N) is 1. The summed E-state index contributed by atoms with van der Waals surface area (Å²) < 4.78 is 6.51. The molecular formula is C24H28N4O5. The van der Waals surface area contributed by atoms with Gasteiger partial charge in [-0.05, 0) is 35.7 Å². The van der Waals surface area contributed by atoms with Crippen LogP contribution in [0.3, 0.4) is 0 Å². The highest BCUT2D eigenvalue weighted by Crippen LogP contribution is 2.32. The fourth-order valence-corrected chi connectivity index (χ4v) is 3.77. The molecule has 0 aliphatic heterocycles. The molecule has 2 amide bonds. The molecule has 1 unspecified atom stereocenters. The first-order valence-electron chi connectivity index (χ1n) is 10.7. The second kappa shape index (κ2) is 10.2. The van der Waals surface area contributed by atoms with Crippen molar-refractivity contribution in [3.63, 3.8) is 0 Å². The Labute approximate surface area is 191 Å². The Balaban J connectivity index is 2.06. The summed E-state index contributed by atoms with van der Waals surface area (Å²) in [6.07, 6.45) is 1.99. The summed E-state index contributed by atoms with van der Waals surface area (Å²) in [7, 11) is 1.53. The van der Waals surface area contributed by atoms with E-state index in [0.29, 0.717) is 17.7 Å². The summed E-state index contributed by atoms with van der Waals surface area (Å²) in [5.41, 5.74) is 5.88. The smallest absolute Gasteiger partial charge is 0.265 e. The van der Waals surface area contributed by atoms with Crippen LogP contribution in [0.5, 0.6) is 11.6 Å². The third kappa shape index (κ3) is 5.14. The standard InChI is InChI=1S/C24H28N4O5/c1-4-14(2)21(22(25)30)27-19(29)13-17(15-8-10-16(33-3)11-9-15)20-23(31)26-18-7-5-6-12-28(18)24(20)32/h5-12,14,17,21,31H,4,13H2,1-3H3,(H2,25,30)(H,27,29)/t14-,17?,21-/m0/s1. The first kappa shape index (κ1) is 23.8. The van der Waals surface area contributed by atoms with Crippen molar-refractivity contribution >= 4 is 17.5 Å². The van der Waals surface area contributed by atoms with Crippen LogP contribution in [0.15, 0.2) is 53.5 Å². The van der Waals surface area contributed by atoms with Gasteiger partial charge in [0.25, 0.3) is 5.56 Å². The Bertz CT molecular complexity index is 1210. The summed E-state index contributed by atoms with van der Waals surface area (Å²) in [6.45, 7) is 3.72. The fraction of sp³-hybridized carbons (Fsp3) is 0.333. The number of nitrogens with two attached hydrogens (primary N) is 1. The van der Waals surface area contributed by atoms with Gasteiger partial charge < -0.3 is 20.9 Å². The van der Waals surface area contributed by atoms with E-state index in [1.807, 2.05) is 13.8 Å². The molecule has 3 atom stereocenters. The summed E-state index contributed by atoms with van der Waals surface area (Å²) in [5, 5.41) is 13.4. The Morgan fingerprint density at radius 3 is 2.52 bits per heavy atom. The van der Waals surface area contributed by atoms with E-state index in [0.717, 1.165) is 0 Å². The third-order valence-electron chi connectivity index (χ3n) is 5.84. The maximum atomic E-state index is 13.3. The number of hydrogen-bond donors (Lipinski definition) is 3. The quantitative estimate of drug-likeness (QED) is 0.454. The van der Waals surface area contributed by atoms with Gasteiger partial charge >= 0.3 is 0 Å². The second-order valence-corrected chi connectivity index (χ2v) is 7.95. The highest BCUT2D eigenvalue weighted by atomic mass is 16.5. The van der Waals surface area contributed by atoms with Crippen LogP contribution >= 0.6 is 0 Å². The number of fused-ring (bicyclic) bond motifs is 1. The van der Waals surface area contributed by atoms with Gasteiger partial charge in [0.1, 0.15) is 17.4 Å². The van der Waals surface area contributed by atoms with Crippen molar-refractivity contribution in [2.75, 3.05) is 7.11 Å². The van der Waals surface area contributed by atoms with Crippen molar-refractivity contribution in [2.45, 2.75) is 38.6 Å². The van der Waals surface area contributed by atoms with E-state index >= 15 is 0 Å². The molecule has 3 aromatic rings. The van der Waals surface area contributed by atoms with Crippen molar-refractivity contribution in [1.82, 2.24) is 14.7 Å². The molecule has 4 N–H and O–H groups in total. The lowest BCUT2D eigenvalue weighted by Gasteiger charge is -2.23. The Kier molecular flexibility index (Phi) is 7.32. The topological polar surface area (TPSA) is 136 Å². The molecule has 33 heavy (non-hydrogen) atoms. The predicted molar refractivity (Wildman–Crippen MR) is 123 cm³/mol. The zero-order valence-electron chi connectivity index (χ0n) is 18.8. The van der Waals surface area contributed by atoms with Crippen molar-refractivity contribution in [2.24, 2.45) is 11.7 Å². The first-order chi connectivity index (χ1) is 15.8. The molecule has 2 aromatic heterocycles. The molecule has 2 heterocycles. The van der Waals surface area contributed by atoms with Crippen molar-refractivity contribution in [3.05, 3.63) is 70.1 Å². The van der Waals surface area contributed by atoms with Crippen LogP contribution in [0.4, 0.5) is 0 Å². The molecule has 0 fully saturated rings. The minimum Gasteiger partial charge on any atom is -0.497 e. The van der Waals surface area contributed by atoms with E-state index in [9.17, 15) is 19.5 Å². The number of aromatic nitrogens is 2. The zero-order chi connectivity index (χ0) is 24.1. The largest absolute Gasteiger partial charge is 0.497 e. The van der Waals surface area contributed by atoms with Gasteiger partial charge in [0.05, 0.1) is 12.7 Å². The van der Waals surface area contributed by atoms with Crippen LogP contribution in [0.1, 0.15) is 43.7 Å². The number of amides is 2. The predicted octanol–water partition coefficient (Wildman–Crippen LogP) is 1.95. The van der Waals surface area contributed by atoms with Crippen LogP contribution in [0.2, 0.25) is 0 Å². The number of primary amides is 1. The molecule has 0 bridgehead atoms. The Morgan fingerprint density at radius 2 is 1.91 bits per heavy atom. The first-order valence-corrected chi connectivity index (χ1v) is 10.7. The number of pyridine rings is 1. The van der Waals surface area contributed by atoms with Gasteiger partial charge in [-0.2, -0.15) is 4.98 Å². The van der Waals surface area contributed by atoms with Crippen molar-refractivity contribution < 1.29 is 19.4 Å². The van der Waals surface area contributed by atoms with E-state index in [4.69, 9.17) is 10.5 Å². The summed E-state index contributed by atoms with van der Waals surface area (Å²) in [4.78, 5) is 42.3. The molecule has 0 aliphatic carbocycles. The molecule has 9 nitrogen and oxygen atoms in total. The molecule has 0 saturated carbocycles. The lowest BCUT2D eigenvalue weighted by Crippen LogP contribution is -2.48. The van der Waals surface area contributed by atoms with Gasteiger partial charge in [-0.25, -0.2) is 0 Å². The number of methoxy groups -OCH3 is 1. The van der Waals surface area contributed by atoms with Gasteiger partial charge in [0.2, 0.25) is 17.7 Å². The summed E-state index contributed by atoms with van der Waals surface area (Å²) >= 11 is 0. The minimum absolute atomic E-state index is 0.0156. The Hall–Kier alpha value is -3.88. The van der Waals surface area contributed by atoms with Crippen molar-refractivity contribution in [3.8, 4) is 11.6 Å². The molecule has 174 valence electrons. The maximum absolute atomic E-state index is 13.3. The normalized spacial score (nSPS) is 13.8. The maximum Gasteiger partial charge on any atom is 0.265 e. The average Bonchev–Trinajstić information content (AvgIpc) is 2.81. The van der Waals surface area contributed by atoms with E-state index in [-0.39, 0.29) is 23.5 Å². The van der Waals surface area contributed by atoms with Gasteiger partial charge in [0.15, 0.2) is 0 Å². The van der Waals surface area contributed by atoms with Crippen LogP contribution < -0.4 is 21.3 Å².